The highest BCUT2D eigenvalue weighted by Crippen LogP contribution is 2.22. The second-order valence-electron chi connectivity index (χ2n) is 6.05. The molecule has 1 fully saturated rings. The number of hydrogen-bond donors (Lipinski definition) is 1. The standard InChI is InChI=1S/C13H28N2S/c1-10(2)12-7-14-13(4,5)9-15(12)8-11(3)16-6/h10-12,14H,7-9H2,1-6H3. The van der Waals surface area contributed by atoms with E-state index in [0.717, 1.165) is 17.7 Å². The number of nitrogens with zero attached hydrogens (tertiary/aromatic N) is 1. The van der Waals surface area contributed by atoms with Gasteiger partial charge in [0.2, 0.25) is 0 Å². The van der Waals surface area contributed by atoms with E-state index in [-0.39, 0.29) is 5.54 Å². The Kier molecular flexibility index (Phi) is 5.14. The molecule has 2 nitrogen and oxygen atoms in total. The van der Waals surface area contributed by atoms with Gasteiger partial charge in [-0.1, -0.05) is 20.8 Å². The van der Waals surface area contributed by atoms with Crippen LogP contribution in [0, 0.1) is 5.92 Å². The van der Waals surface area contributed by atoms with E-state index >= 15 is 0 Å². The highest BCUT2D eigenvalue weighted by Gasteiger charge is 2.34. The summed E-state index contributed by atoms with van der Waals surface area (Å²) >= 11 is 1.97. The van der Waals surface area contributed by atoms with E-state index in [2.05, 4.69) is 51.1 Å². The Morgan fingerprint density at radius 2 is 2.00 bits per heavy atom. The molecule has 16 heavy (non-hydrogen) atoms. The number of nitrogens with one attached hydrogen (secondary N) is 1. The van der Waals surface area contributed by atoms with Crippen molar-refractivity contribution in [3.05, 3.63) is 0 Å². The van der Waals surface area contributed by atoms with E-state index in [1.807, 2.05) is 11.8 Å². The fourth-order valence-electron chi connectivity index (χ4n) is 2.45. The van der Waals surface area contributed by atoms with Crippen LogP contribution in [0.4, 0.5) is 0 Å². The molecule has 1 N–H and O–H groups in total. The van der Waals surface area contributed by atoms with Crippen molar-refractivity contribution in [2.45, 2.75) is 51.4 Å². The molecule has 1 rings (SSSR count). The number of rotatable bonds is 4. The molecule has 1 saturated heterocycles. The van der Waals surface area contributed by atoms with Crippen LogP contribution in [-0.2, 0) is 0 Å². The van der Waals surface area contributed by atoms with Crippen LogP contribution in [-0.4, -0.2) is 47.6 Å². The Balaban J connectivity index is 2.64. The second-order valence-corrected chi connectivity index (χ2v) is 7.33. The maximum absolute atomic E-state index is 3.66. The molecular formula is C13H28N2S. The van der Waals surface area contributed by atoms with Gasteiger partial charge in [-0.05, 0) is 26.0 Å². The Labute approximate surface area is 106 Å². The smallest absolute Gasteiger partial charge is 0.0252 e. The van der Waals surface area contributed by atoms with E-state index in [4.69, 9.17) is 0 Å². The summed E-state index contributed by atoms with van der Waals surface area (Å²) < 4.78 is 0. The summed E-state index contributed by atoms with van der Waals surface area (Å²) in [4.78, 5) is 2.68. The second kappa shape index (κ2) is 5.74. The van der Waals surface area contributed by atoms with Gasteiger partial charge >= 0.3 is 0 Å². The molecule has 3 heteroatoms. The summed E-state index contributed by atoms with van der Waals surface area (Å²) in [6.07, 6.45) is 2.21. The van der Waals surface area contributed by atoms with Crippen molar-refractivity contribution in [1.82, 2.24) is 10.2 Å². The van der Waals surface area contributed by atoms with E-state index in [9.17, 15) is 0 Å². The molecule has 0 radical (unpaired) electrons. The maximum Gasteiger partial charge on any atom is 0.0252 e. The van der Waals surface area contributed by atoms with Gasteiger partial charge in [0.15, 0.2) is 0 Å². The third-order valence-corrected chi connectivity index (χ3v) is 4.47. The Morgan fingerprint density at radius 3 is 2.50 bits per heavy atom. The summed E-state index contributed by atoms with van der Waals surface area (Å²) in [6, 6.07) is 0.697. The normalized spacial score (nSPS) is 28.3. The first-order valence-electron chi connectivity index (χ1n) is 6.37. The van der Waals surface area contributed by atoms with E-state index < -0.39 is 0 Å². The van der Waals surface area contributed by atoms with Crippen LogP contribution in [0.5, 0.6) is 0 Å². The van der Waals surface area contributed by atoms with Gasteiger partial charge in [0.25, 0.3) is 0 Å². The van der Waals surface area contributed by atoms with Gasteiger partial charge in [-0.3, -0.25) is 4.90 Å². The number of piperazine rings is 1. The Bertz CT molecular complexity index is 216. The van der Waals surface area contributed by atoms with Gasteiger partial charge < -0.3 is 5.32 Å². The van der Waals surface area contributed by atoms with Crippen LogP contribution in [0.25, 0.3) is 0 Å². The highest BCUT2D eigenvalue weighted by molar-refractivity contribution is 7.99. The third-order valence-electron chi connectivity index (χ3n) is 3.52. The average molecular weight is 244 g/mol. The van der Waals surface area contributed by atoms with Crippen molar-refractivity contribution in [2.24, 2.45) is 5.92 Å². The zero-order chi connectivity index (χ0) is 12.3. The molecule has 0 spiro atoms. The molecule has 0 amide bonds. The lowest BCUT2D eigenvalue weighted by atomic mass is 9.93. The van der Waals surface area contributed by atoms with E-state index in [0.29, 0.717) is 6.04 Å². The van der Waals surface area contributed by atoms with Crippen molar-refractivity contribution in [3.8, 4) is 0 Å². The van der Waals surface area contributed by atoms with Crippen LogP contribution >= 0.6 is 11.8 Å². The lowest BCUT2D eigenvalue weighted by Crippen LogP contribution is -2.63. The molecule has 2 unspecified atom stereocenters. The van der Waals surface area contributed by atoms with Crippen molar-refractivity contribution in [3.63, 3.8) is 0 Å². The first-order chi connectivity index (χ1) is 7.35. The van der Waals surface area contributed by atoms with Gasteiger partial charge in [-0.25, -0.2) is 0 Å². The SMILES string of the molecule is CSC(C)CN1CC(C)(C)NCC1C(C)C. The van der Waals surface area contributed by atoms with Gasteiger partial charge in [0.1, 0.15) is 0 Å². The average Bonchev–Trinajstić information content (AvgIpc) is 2.15. The fourth-order valence-corrected chi connectivity index (χ4v) is 2.79. The predicted octanol–water partition coefficient (Wildman–Crippen LogP) is 2.45. The van der Waals surface area contributed by atoms with Crippen LogP contribution in [0.1, 0.15) is 34.6 Å². The van der Waals surface area contributed by atoms with Crippen LogP contribution in [0.15, 0.2) is 0 Å². The predicted molar refractivity (Wildman–Crippen MR) is 75.3 cm³/mol. The van der Waals surface area contributed by atoms with Gasteiger partial charge in [-0.15, -0.1) is 0 Å². The molecule has 1 aliphatic heterocycles. The molecule has 0 saturated carbocycles. The number of thioether (sulfide) groups is 1. The third kappa shape index (κ3) is 3.94. The number of hydrogen-bond acceptors (Lipinski definition) is 3. The molecule has 0 aromatic rings. The van der Waals surface area contributed by atoms with Crippen LogP contribution < -0.4 is 5.32 Å². The molecule has 1 aliphatic rings. The minimum atomic E-state index is 0.267. The molecule has 2 atom stereocenters. The topological polar surface area (TPSA) is 15.3 Å². The summed E-state index contributed by atoms with van der Waals surface area (Å²) in [6.45, 7) is 15.1. The maximum atomic E-state index is 3.66. The summed E-state index contributed by atoms with van der Waals surface area (Å²) in [5, 5.41) is 4.39. The van der Waals surface area contributed by atoms with Crippen molar-refractivity contribution < 1.29 is 0 Å². The minimum Gasteiger partial charge on any atom is -0.309 e. The summed E-state index contributed by atoms with van der Waals surface area (Å²) in [7, 11) is 0. The Hall–Kier alpha value is 0.270. The van der Waals surface area contributed by atoms with Gasteiger partial charge in [0, 0.05) is 36.5 Å². The zero-order valence-corrected chi connectivity index (χ0v) is 12.5. The van der Waals surface area contributed by atoms with Crippen molar-refractivity contribution in [1.29, 1.82) is 0 Å². The van der Waals surface area contributed by atoms with E-state index in [1.54, 1.807) is 0 Å². The van der Waals surface area contributed by atoms with E-state index in [1.165, 1.54) is 13.1 Å². The highest BCUT2D eigenvalue weighted by atomic mass is 32.2. The van der Waals surface area contributed by atoms with Crippen LogP contribution in [0.2, 0.25) is 0 Å². The molecular weight excluding hydrogens is 216 g/mol. The lowest BCUT2D eigenvalue weighted by molar-refractivity contribution is 0.0709. The minimum absolute atomic E-state index is 0.267. The Morgan fingerprint density at radius 1 is 1.38 bits per heavy atom. The quantitative estimate of drug-likeness (QED) is 0.818. The first-order valence-corrected chi connectivity index (χ1v) is 7.66. The molecule has 1 heterocycles. The lowest BCUT2D eigenvalue weighted by Gasteiger charge is -2.47. The van der Waals surface area contributed by atoms with Crippen LogP contribution in [0.3, 0.4) is 0 Å². The molecule has 96 valence electrons. The monoisotopic (exact) mass is 244 g/mol. The van der Waals surface area contributed by atoms with Gasteiger partial charge in [-0.2, -0.15) is 11.8 Å². The zero-order valence-electron chi connectivity index (χ0n) is 11.7. The molecule has 0 aromatic heterocycles. The summed E-state index contributed by atoms with van der Waals surface area (Å²) in [5.41, 5.74) is 0.267. The molecule has 0 bridgehead atoms. The van der Waals surface area contributed by atoms with Crippen molar-refractivity contribution >= 4 is 11.8 Å². The molecule has 0 aromatic carbocycles. The fraction of sp³-hybridized carbons (Fsp3) is 1.00. The first kappa shape index (κ1) is 14.3. The largest absolute Gasteiger partial charge is 0.309 e. The molecule has 0 aliphatic carbocycles. The van der Waals surface area contributed by atoms with Crippen molar-refractivity contribution in [2.75, 3.05) is 25.9 Å². The van der Waals surface area contributed by atoms with Gasteiger partial charge in [0.05, 0.1) is 0 Å². The summed E-state index contributed by atoms with van der Waals surface area (Å²) in [5.74, 6) is 0.734.